The SMILES string of the molecule is CC(C)(C)OC(=O)N[C@H]1CC12CN(C(=O)OCc1ccccc1)C2. The van der Waals surface area contributed by atoms with E-state index in [1.54, 1.807) is 4.90 Å². The molecule has 3 rings (SSSR count). The fraction of sp³-hybridized carbons (Fsp3) is 0.556. The Hall–Kier alpha value is -2.24. The summed E-state index contributed by atoms with van der Waals surface area (Å²) < 4.78 is 10.6. The van der Waals surface area contributed by atoms with E-state index in [1.165, 1.54) is 0 Å². The van der Waals surface area contributed by atoms with E-state index in [-0.39, 0.29) is 24.2 Å². The molecule has 0 bridgehead atoms. The van der Waals surface area contributed by atoms with E-state index in [2.05, 4.69) is 5.32 Å². The largest absolute Gasteiger partial charge is 0.445 e. The van der Waals surface area contributed by atoms with Gasteiger partial charge in [0.15, 0.2) is 0 Å². The number of carbonyl (C=O) groups is 2. The number of nitrogens with one attached hydrogen (secondary N) is 1. The molecule has 1 spiro atoms. The van der Waals surface area contributed by atoms with E-state index in [0.717, 1.165) is 12.0 Å². The van der Waals surface area contributed by atoms with Crippen LogP contribution in [0.5, 0.6) is 0 Å². The van der Waals surface area contributed by atoms with Gasteiger partial charge in [0.25, 0.3) is 0 Å². The van der Waals surface area contributed by atoms with Gasteiger partial charge in [0.1, 0.15) is 12.2 Å². The molecule has 0 radical (unpaired) electrons. The molecule has 6 heteroatoms. The molecule has 1 aromatic carbocycles. The van der Waals surface area contributed by atoms with Gasteiger partial charge < -0.3 is 19.7 Å². The zero-order valence-corrected chi connectivity index (χ0v) is 14.4. The second-order valence-corrected chi connectivity index (χ2v) is 7.66. The van der Waals surface area contributed by atoms with E-state index >= 15 is 0 Å². The lowest BCUT2D eigenvalue weighted by molar-refractivity contribution is 0.0330. The first-order chi connectivity index (χ1) is 11.3. The molecule has 0 aromatic heterocycles. The van der Waals surface area contributed by atoms with Gasteiger partial charge in [0.2, 0.25) is 0 Å². The van der Waals surface area contributed by atoms with E-state index in [0.29, 0.717) is 13.1 Å². The third kappa shape index (κ3) is 3.80. The molecule has 130 valence electrons. The van der Waals surface area contributed by atoms with Crippen LogP contribution in [0.2, 0.25) is 0 Å². The molecule has 1 saturated heterocycles. The van der Waals surface area contributed by atoms with E-state index in [4.69, 9.17) is 9.47 Å². The lowest BCUT2D eigenvalue weighted by Gasteiger charge is -2.39. The molecule has 1 saturated carbocycles. The molecule has 2 aliphatic rings. The van der Waals surface area contributed by atoms with Crippen LogP contribution in [0.15, 0.2) is 30.3 Å². The average molecular weight is 332 g/mol. The van der Waals surface area contributed by atoms with E-state index in [9.17, 15) is 9.59 Å². The van der Waals surface area contributed by atoms with Gasteiger partial charge in [-0.2, -0.15) is 0 Å². The number of benzene rings is 1. The molecule has 2 amide bonds. The van der Waals surface area contributed by atoms with Crippen molar-refractivity contribution in [3.63, 3.8) is 0 Å². The second-order valence-electron chi connectivity index (χ2n) is 7.66. The van der Waals surface area contributed by atoms with Crippen molar-refractivity contribution in [1.29, 1.82) is 0 Å². The monoisotopic (exact) mass is 332 g/mol. The zero-order valence-electron chi connectivity index (χ0n) is 14.4. The van der Waals surface area contributed by atoms with Crippen LogP contribution in [0.1, 0.15) is 32.8 Å². The number of amides is 2. The summed E-state index contributed by atoms with van der Waals surface area (Å²) in [5.74, 6) is 0. The summed E-state index contributed by atoms with van der Waals surface area (Å²) in [7, 11) is 0. The van der Waals surface area contributed by atoms with Gasteiger partial charge in [0, 0.05) is 24.5 Å². The summed E-state index contributed by atoms with van der Waals surface area (Å²) in [6.07, 6.45) is 0.191. The number of ether oxygens (including phenoxy) is 2. The predicted octanol–water partition coefficient (Wildman–Crippen LogP) is 2.92. The maximum absolute atomic E-state index is 12.0. The van der Waals surface area contributed by atoms with Crippen molar-refractivity contribution in [2.45, 2.75) is 45.4 Å². The molecular weight excluding hydrogens is 308 g/mol. The van der Waals surface area contributed by atoms with Crippen LogP contribution >= 0.6 is 0 Å². The average Bonchev–Trinajstić information content (AvgIpc) is 3.16. The molecule has 1 aliphatic carbocycles. The van der Waals surface area contributed by atoms with Crippen molar-refractivity contribution in [2.75, 3.05) is 13.1 Å². The summed E-state index contributed by atoms with van der Waals surface area (Å²) >= 11 is 0. The number of likely N-dealkylation sites (tertiary alicyclic amines) is 1. The van der Waals surface area contributed by atoms with E-state index in [1.807, 2.05) is 51.1 Å². The molecule has 1 aliphatic heterocycles. The zero-order chi connectivity index (χ0) is 17.4. The van der Waals surface area contributed by atoms with Gasteiger partial charge in [-0.25, -0.2) is 9.59 Å². The molecule has 1 N–H and O–H groups in total. The summed E-state index contributed by atoms with van der Waals surface area (Å²) in [5, 5.41) is 2.88. The van der Waals surface area contributed by atoms with Crippen molar-refractivity contribution >= 4 is 12.2 Å². The molecular formula is C18H24N2O4. The Kier molecular flexibility index (Phi) is 4.15. The molecule has 1 atom stereocenters. The fourth-order valence-electron chi connectivity index (χ4n) is 3.00. The van der Waals surface area contributed by atoms with Crippen LogP contribution in [0.4, 0.5) is 9.59 Å². The number of nitrogens with zero attached hydrogens (tertiary/aromatic N) is 1. The quantitative estimate of drug-likeness (QED) is 0.924. The van der Waals surface area contributed by atoms with Crippen molar-refractivity contribution in [3.8, 4) is 0 Å². The maximum atomic E-state index is 12.0. The Morgan fingerprint density at radius 1 is 1.25 bits per heavy atom. The predicted molar refractivity (Wildman–Crippen MR) is 88.4 cm³/mol. The minimum absolute atomic E-state index is 0.0165. The van der Waals surface area contributed by atoms with Gasteiger partial charge in [0.05, 0.1) is 0 Å². The van der Waals surface area contributed by atoms with Gasteiger partial charge in [-0.1, -0.05) is 30.3 Å². The standard InChI is InChI=1S/C18H24N2O4/c1-17(2,3)24-15(21)19-14-9-18(14)11-20(12-18)16(22)23-10-13-7-5-4-6-8-13/h4-8,14H,9-12H2,1-3H3,(H,19,21)/t14-/m0/s1. The Bertz CT molecular complexity index is 618. The van der Waals surface area contributed by atoms with Gasteiger partial charge in [-0.3, -0.25) is 0 Å². The molecule has 1 aromatic rings. The van der Waals surface area contributed by atoms with Crippen LogP contribution in [-0.4, -0.2) is 41.8 Å². The number of carbonyl (C=O) groups excluding carboxylic acids is 2. The topological polar surface area (TPSA) is 67.9 Å². The Labute approximate surface area is 142 Å². The number of rotatable bonds is 3. The Morgan fingerprint density at radius 2 is 1.92 bits per heavy atom. The second kappa shape index (κ2) is 6.00. The first-order valence-corrected chi connectivity index (χ1v) is 8.23. The normalized spacial score (nSPS) is 21.0. The lowest BCUT2D eigenvalue weighted by atomic mass is 9.96. The van der Waals surface area contributed by atoms with Crippen molar-refractivity contribution in [3.05, 3.63) is 35.9 Å². The molecule has 1 heterocycles. The molecule has 2 fully saturated rings. The third-order valence-electron chi connectivity index (χ3n) is 4.36. The summed E-state index contributed by atoms with van der Waals surface area (Å²) in [4.78, 5) is 25.5. The molecule has 6 nitrogen and oxygen atoms in total. The van der Waals surface area contributed by atoms with Crippen LogP contribution < -0.4 is 5.32 Å². The van der Waals surface area contributed by atoms with Gasteiger partial charge in [-0.05, 0) is 32.8 Å². The van der Waals surface area contributed by atoms with E-state index < -0.39 is 11.7 Å². The van der Waals surface area contributed by atoms with Crippen molar-refractivity contribution in [2.24, 2.45) is 5.41 Å². The van der Waals surface area contributed by atoms with Gasteiger partial charge in [-0.15, -0.1) is 0 Å². The van der Waals surface area contributed by atoms with Crippen molar-refractivity contribution < 1.29 is 19.1 Å². The Morgan fingerprint density at radius 3 is 2.54 bits per heavy atom. The molecule has 0 unspecified atom stereocenters. The molecule has 24 heavy (non-hydrogen) atoms. The van der Waals surface area contributed by atoms with Crippen LogP contribution in [0.3, 0.4) is 0 Å². The van der Waals surface area contributed by atoms with Gasteiger partial charge >= 0.3 is 12.2 Å². The number of alkyl carbamates (subject to hydrolysis) is 1. The Balaban J connectivity index is 1.38. The van der Waals surface area contributed by atoms with Crippen LogP contribution in [0, 0.1) is 5.41 Å². The number of hydrogen-bond donors (Lipinski definition) is 1. The lowest BCUT2D eigenvalue weighted by Crippen LogP contribution is -2.55. The highest BCUT2D eigenvalue weighted by atomic mass is 16.6. The summed E-state index contributed by atoms with van der Waals surface area (Å²) in [6, 6.07) is 9.69. The minimum Gasteiger partial charge on any atom is -0.445 e. The first kappa shape index (κ1) is 16.6. The highest BCUT2D eigenvalue weighted by Crippen LogP contribution is 2.53. The smallest absolute Gasteiger partial charge is 0.410 e. The highest BCUT2D eigenvalue weighted by molar-refractivity contribution is 5.71. The minimum atomic E-state index is -0.501. The maximum Gasteiger partial charge on any atom is 0.410 e. The number of hydrogen-bond acceptors (Lipinski definition) is 4. The highest BCUT2D eigenvalue weighted by Gasteiger charge is 2.63. The summed E-state index contributed by atoms with van der Waals surface area (Å²) in [5.41, 5.74) is 0.485. The summed E-state index contributed by atoms with van der Waals surface area (Å²) in [6.45, 7) is 7.04. The van der Waals surface area contributed by atoms with Crippen LogP contribution in [0.25, 0.3) is 0 Å². The van der Waals surface area contributed by atoms with Crippen molar-refractivity contribution in [1.82, 2.24) is 10.2 Å². The van der Waals surface area contributed by atoms with Crippen LogP contribution in [-0.2, 0) is 16.1 Å². The first-order valence-electron chi connectivity index (χ1n) is 8.23. The fourth-order valence-corrected chi connectivity index (χ4v) is 3.00. The third-order valence-corrected chi connectivity index (χ3v) is 4.36.